The number of aliphatic imine (C=N–C) groups is 1. The van der Waals surface area contributed by atoms with Gasteiger partial charge in [-0.2, -0.15) is 5.26 Å². The Bertz CT molecular complexity index is 1030. The number of hydrazine groups is 1. The van der Waals surface area contributed by atoms with Crippen molar-refractivity contribution in [1.82, 2.24) is 5.01 Å². The highest BCUT2D eigenvalue weighted by atomic mass is 19.1. The van der Waals surface area contributed by atoms with Gasteiger partial charge >= 0.3 is 0 Å². The van der Waals surface area contributed by atoms with E-state index in [0.717, 1.165) is 41.6 Å². The predicted molar refractivity (Wildman–Crippen MR) is 110 cm³/mol. The van der Waals surface area contributed by atoms with Crippen LogP contribution >= 0.6 is 0 Å². The normalized spacial score (nSPS) is 25.8. The van der Waals surface area contributed by atoms with Gasteiger partial charge in [-0.25, -0.2) is 13.8 Å². The highest BCUT2D eigenvalue weighted by Gasteiger charge is 2.54. The number of nitroso groups, excluding NO2 is 1. The van der Waals surface area contributed by atoms with Gasteiger partial charge in [-0.05, 0) is 50.0 Å². The van der Waals surface area contributed by atoms with E-state index in [1.165, 1.54) is 7.05 Å². The Morgan fingerprint density at radius 2 is 1.97 bits per heavy atom. The summed E-state index contributed by atoms with van der Waals surface area (Å²) in [5, 5.41) is 10.6. The minimum absolute atomic E-state index is 0.0826. The molecule has 1 aliphatic heterocycles. The van der Waals surface area contributed by atoms with Crippen molar-refractivity contribution in [1.29, 1.82) is 5.26 Å². The molecule has 2 N–H and O–H groups in total. The molecule has 0 saturated heterocycles. The van der Waals surface area contributed by atoms with Crippen LogP contribution in [0.25, 0.3) is 0 Å². The number of benzene rings is 1. The second-order valence-electron chi connectivity index (χ2n) is 7.85. The smallest absolute Gasteiger partial charge is 0.288 e. The van der Waals surface area contributed by atoms with E-state index in [2.05, 4.69) is 17.6 Å². The largest absolute Gasteiger partial charge is 0.365 e. The summed E-state index contributed by atoms with van der Waals surface area (Å²) in [7, 11) is 1.45. The van der Waals surface area contributed by atoms with E-state index >= 15 is 0 Å². The molecule has 156 valence electrons. The van der Waals surface area contributed by atoms with Crippen LogP contribution in [0, 0.1) is 33.3 Å². The second kappa shape index (κ2) is 7.48. The van der Waals surface area contributed by atoms with Crippen molar-refractivity contribution in [3.05, 3.63) is 76.3 Å². The fourth-order valence-corrected chi connectivity index (χ4v) is 3.84. The van der Waals surface area contributed by atoms with Crippen molar-refractivity contribution in [3.8, 4) is 6.07 Å². The molecule has 8 heteroatoms. The highest BCUT2D eigenvalue weighted by Crippen LogP contribution is 2.51. The summed E-state index contributed by atoms with van der Waals surface area (Å²) in [5.74, 6) is -1.64. The molecule has 1 aromatic rings. The molecule has 3 rings (SSSR count). The molecule has 30 heavy (non-hydrogen) atoms. The summed E-state index contributed by atoms with van der Waals surface area (Å²) in [6.45, 7) is 7.46. The third-order valence-electron chi connectivity index (χ3n) is 5.83. The SMILES string of the molecule is C=C(/C=C\C(=C/C)C1(C#N)CC1)[C@@H]1[N+](=O)N(C)C(N)=N[C@]1(C)c1cc(F)cc(F)c1. The van der Waals surface area contributed by atoms with Crippen molar-refractivity contribution in [2.75, 3.05) is 7.05 Å². The number of hydrogen-bond acceptors (Lipinski definition) is 4. The topological polar surface area (TPSA) is 85.5 Å². The lowest BCUT2D eigenvalue weighted by Gasteiger charge is -2.34. The van der Waals surface area contributed by atoms with E-state index in [1.807, 2.05) is 13.0 Å². The summed E-state index contributed by atoms with van der Waals surface area (Å²) in [6, 6.07) is 4.34. The molecule has 0 unspecified atom stereocenters. The van der Waals surface area contributed by atoms with Crippen molar-refractivity contribution in [2.45, 2.75) is 38.3 Å². The Hall–Kier alpha value is -3.34. The zero-order valence-electron chi connectivity index (χ0n) is 17.2. The molecule has 0 aromatic heterocycles. The summed E-state index contributed by atoms with van der Waals surface area (Å²) >= 11 is 0. The molecule has 0 amide bonds. The predicted octanol–water partition coefficient (Wildman–Crippen LogP) is 3.87. The van der Waals surface area contributed by atoms with Gasteiger partial charge < -0.3 is 5.73 Å². The molecule has 0 bridgehead atoms. The lowest BCUT2D eigenvalue weighted by atomic mass is 9.80. The number of guanidine groups is 1. The fourth-order valence-electron chi connectivity index (χ4n) is 3.84. The van der Waals surface area contributed by atoms with Crippen LogP contribution in [0.1, 0.15) is 32.3 Å². The minimum atomic E-state index is -1.38. The molecular weight excluding hydrogens is 388 g/mol. The lowest BCUT2D eigenvalue weighted by molar-refractivity contribution is -0.712. The Kier molecular flexibility index (Phi) is 5.33. The summed E-state index contributed by atoms with van der Waals surface area (Å²) in [4.78, 5) is 18.1. The van der Waals surface area contributed by atoms with Crippen LogP contribution in [-0.4, -0.2) is 28.9 Å². The van der Waals surface area contributed by atoms with E-state index in [4.69, 9.17) is 5.73 Å². The first kappa shape index (κ1) is 21.4. The molecule has 2 aliphatic rings. The standard InChI is InChI=1S/C22H24F2N5O/c1-5-15(22(13-25)8-9-22)7-6-14(2)19-21(3,27-20(26)28(4)29(19)30)16-10-17(23)12-18(24)11-16/h5-7,10-12,19H,2,8-9H2,1,3-4H3,(H2,26,27)/q+1/b7-6-,15-5+/t19-,21+/m0/s1. The van der Waals surface area contributed by atoms with Gasteiger partial charge in [-0.3, -0.25) is 0 Å². The average molecular weight is 412 g/mol. The van der Waals surface area contributed by atoms with Crippen LogP contribution in [0.5, 0.6) is 0 Å². The summed E-state index contributed by atoms with van der Waals surface area (Å²) < 4.78 is 27.9. The Balaban J connectivity index is 2.05. The minimum Gasteiger partial charge on any atom is -0.365 e. The zero-order valence-corrected chi connectivity index (χ0v) is 17.2. The van der Waals surface area contributed by atoms with Gasteiger partial charge in [0.05, 0.1) is 23.4 Å². The first-order chi connectivity index (χ1) is 14.1. The number of nitrogens with zero attached hydrogens (tertiary/aromatic N) is 4. The number of nitriles is 1. The number of halogens is 2. The Morgan fingerprint density at radius 3 is 2.47 bits per heavy atom. The van der Waals surface area contributed by atoms with E-state index in [-0.39, 0.29) is 11.5 Å². The molecule has 0 radical (unpaired) electrons. The maximum Gasteiger partial charge on any atom is 0.288 e. The van der Waals surface area contributed by atoms with E-state index in [9.17, 15) is 18.9 Å². The number of rotatable bonds is 5. The molecule has 1 aromatic carbocycles. The van der Waals surface area contributed by atoms with Crippen molar-refractivity contribution in [3.63, 3.8) is 0 Å². The monoisotopic (exact) mass is 412 g/mol. The quantitative estimate of drug-likeness (QED) is 0.588. The van der Waals surface area contributed by atoms with Crippen LogP contribution in [-0.2, 0) is 5.54 Å². The average Bonchev–Trinajstić information content (AvgIpc) is 3.47. The zero-order chi connectivity index (χ0) is 22.3. The maximum absolute atomic E-state index is 13.9. The lowest BCUT2D eigenvalue weighted by Crippen LogP contribution is -2.58. The van der Waals surface area contributed by atoms with Crippen LogP contribution in [0.15, 0.2) is 59.1 Å². The Labute approximate surface area is 174 Å². The van der Waals surface area contributed by atoms with Crippen LogP contribution in [0.3, 0.4) is 0 Å². The van der Waals surface area contributed by atoms with Gasteiger partial charge in [-0.15, -0.1) is 0 Å². The third kappa shape index (κ3) is 3.52. The van der Waals surface area contributed by atoms with Gasteiger partial charge in [0.25, 0.3) is 12.0 Å². The van der Waals surface area contributed by atoms with Crippen LogP contribution < -0.4 is 5.73 Å². The van der Waals surface area contributed by atoms with Gasteiger partial charge in [0.2, 0.25) is 0 Å². The number of nitrogens with two attached hydrogens (primary N) is 1. The molecule has 1 saturated carbocycles. The molecule has 1 heterocycles. The summed E-state index contributed by atoms with van der Waals surface area (Å²) in [5.41, 5.74) is 5.40. The highest BCUT2D eigenvalue weighted by molar-refractivity contribution is 5.78. The van der Waals surface area contributed by atoms with Crippen molar-refractivity contribution in [2.24, 2.45) is 16.1 Å². The molecule has 2 atom stereocenters. The van der Waals surface area contributed by atoms with Gasteiger partial charge in [-0.1, -0.05) is 29.8 Å². The van der Waals surface area contributed by atoms with Crippen molar-refractivity contribution < 1.29 is 13.6 Å². The second-order valence-corrected chi connectivity index (χ2v) is 7.85. The molecular formula is C22H24F2N5O+. The summed E-state index contributed by atoms with van der Waals surface area (Å²) in [6.07, 6.45) is 6.84. The van der Waals surface area contributed by atoms with E-state index in [0.29, 0.717) is 10.4 Å². The first-order valence-corrected chi connectivity index (χ1v) is 9.55. The maximum atomic E-state index is 13.9. The fraction of sp³-hybridized carbons (Fsp3) is 0.364. The number of hydrogen-bond donors (Lipinski definition) is 1. The third-order valence-corrected chi connectivity index (χ3v) is 5.83. The molecule has 6 nitrogen and oxygen atoms in total. The first-order valence-electron chi connectivity index (χ1n) is 9.55. The van der Waals surface area contributed by atoms with E-state index in [1.54, 1.807) is 19.1 Å². The number of allylic oxidation sites excluding steroid dienone is 3. The molecule has 1 aliphatic carbocycles. The van der Waals surface area contributed by atoms with E-state index < -0.39 is 28.6 Å². The van der Waals surface area contributed by atoms with Gasteiger partial charge in [0, 0.05) is 11.6 Å². The molecule has 1 fully saturated rings. The molecule has 0 spiro atoms. The van der Waals surface area contributed by atoms with Crippen LogP contribution in [0.4, 0.5) is 8.78 Å². The van der Waals surface area contributed by atoms with Crippen molar-refractivity contribution >= 4 is 5.96 Å². The Morgan fingerprint density at radius 1 is 1.37 bits per heavy atom. The van der Waals surface area contributed by atoms with Gasteiger partial charge in [0.15, 0.2) is 5.54 Å². The van der Waals surface area contributed by atoms with Gasteiger partial charge in [0.1, 0.15) is 16.5 Å². The van der Waals surface area contributed by atoms with Crippen LogP contribution in [0.2, 0.25) is 0 Å².